The van der Waals surface area contributed by atoms with E-state index >= 15 is 0 Å². The molecule has 0 bridgehead atoms. The minimum absolute atomic E-state index is 0.0397. The number of piperazine rings is 1. The Morgan fingerprint density at radius 2 is 1.75 bits per heavy atom. The van der Waals surface area contributed by atoms with Crippen LogP contribution in [0.15, 0.2) is 0 Å². The molecular weight excluding hydrogens is 256 g/mol. The van der Waals surface area contributed by atoms with Gasteiger partial charge in [0, 0.05) is 6.54 Å². The molecule has 1 unspecified atom stereocenters. The molecule has 20 heavy (non-hydrogen) atoms. The molecule has 0 aliphatic carbocycles. The van der Waals surface area contributed by atoms with Crippen molar-refractivity contribution in [3.05, 3.63) is 0 Å². The van der Waals surface area contributed by atoms with Gasteiger partial charge in [-0.3, -0.25) is 9.59 Å². The van der Waals surface area contributed by atoms with Gasteiger partial charge in [0.1, 0.15) is 11.1 Å². The lowest BCUT2D eigenvalue weighted by Gasteiger charge is -2.48. The smallest absolute Gasteiger partial charge is 0.248 e. The number of rotatable bonds is 4. The maximum absolute atomic E-state index is 12.7. The molecule has 1 atom stereocenters. The monoisotopic (exact) mass is 284 g/mol. The third-order valence-electron chi connectivity index (χ3n) is 3.89. The lowest BCUT2D eigenvalue weighted by molar-refractivity contribution is -0.162. The summed E-state index contributed by atoms with van der Waals surface area (Å²) in [5.74, 6) is -0.153. The molecule has 0 saturated carbocycles. The van der Waals surface area contributed by atoms with Gasteiger partial charge >= 0.3 is 0 Å². The number of ether oxygens (including phenoxy) is 1. The summed E-state index contributed by atoms with van der Waals surface area (Å²) in [5.41, 5.74) is -1.90. The Kier molecular flexibility index (Phi) is 4.54. The van der Waals surface area contributed by atoms with Crippen LogP contribution in [0.1, 0.15) is 54.9 Å². The van der Waals surface area contributed by atoms with Gasteiger partial charge in [0.25, 0.3) is 0 Å². The Balaban J connectivity index is 2.88. The van der Waals surface area contributed by atoms with E-state index in [4.69, 9.17) is 4.74 Å². The van der Waals surface area contributed by atoms with E-state index in [0.717, 1.165) is 0 Å². The van der Waals surface area contributed by atoms with Gasteiger partial charge in [-0.2, -0.15) is 0 Å². The molecule has 5 heteroatoms. The van der Waals surface area contributed by atoms with Crippen LogP contribution in [0.5, 0.6) is 0 Å². The van der Waals surface area contributed by atoms with E-state index in [-0.39, 0.29) is 17.4 Å². The van der Waals surface area contributed by atoms with E-state index in [1.807, 2.05) is 27.7 Å². The van der Waals surface area contributed by atoms with Crippen LogP contribution in [-0.2, 0) is 14.3 Å². The molecule has 0 aromatic heterocycles. The van der Waals surface area contributed by atoms with Crippen LogP contribution in [-0.4, -0.2) is 46.5 Å². The quantitative estimate of drug-likeness (QED) is 0.855. The lowest BCUT2D eigenvalue weighted by atomic mass is 9.87. The normalized spacial score (nSPS) is 26.6. The number of nitrogens with one attached hydrogen (secondary N) is 1. The molecule has 0 radical (unpaired) electrons. The highest BCUT2D eigenvalue weighted by molar-refractivity contribution is 6.01. The second kappa shape index (κ2) is 5.35. The van der Waals surface area contributed by atoms with E-state index in [2.05, 4.69) is 5.32 Å². The summed E-state index contributed by atoms with van der Waals surface area (Å²) in [4.78, 5) is 26.6. The molecule has 1 rings (SSSR count). The summed E-state index contributed by atoms with van der Waals surface area (Å²) in [6.07, 6.45) is 0.574. The Labute approximate surface area is 122 Å². The van der Waals surface area contributed by atoms with Gasteiger partial charge < -0.3 is 15.0 Å². The lowest BCUT2D eigenvalue weighted by Crippen LogP contribution is -2.73. The van der Waals surface area contributed by atoms with Crippen molar-refractivity contribution in [3.63, 3.8) is 0 Å². The van der Waals surface area contributed by atoms with Gasteiger partial charge in [0.05, 0.1) is 12.2 Å². The molecule has 116 valence electrons. The zero-order valence-electron chi connectivity index (χ0n) is 13.8. The summed E-state index contributed by atoms with van der Waals surface area (Å²) >= 11 is 0. The zero-order chi connectivity index (χ0) is 15.8. The standard InChI is InChI=1S/C15H28N2O3/c1-8-15(7)12(19)17(9-10-20-13(2,3)4)14(5,6)11(18)16-15/h8-10H2,1-7H3,(H,16,18). The van der Waals surface area contributed by atoms with Gasteiger partial charge in [-0.05, 0) is 48.0 Å². The van der Waals surface area contributed by atoms with Gasteiger partial charge in [-0.15, -0.1) is 0 Å². The highest BCUT2D eigenvalue weighted by atomic mass is 16.5. The van der Waals surface area contributed by atoms with Gasteiger partial charge in [0.2, 0.25) is 11.8 Å². The fraction of sp³-hybridized carbons (Fsp3) is 0.867. The second-order valence-corrected chi connectivity index (χ2v) is 7.12. The van der Waals surface area contributed by atoms with Crippen LogP contribution >= 0.6 is 0 Å². The van der Waals surface area contributed by atoms with Crippen molar-refractivity contribution in [3.8, 4) is 0 Å². The Hall–Kier alpha value is -1.10. The first-order valence-electron chi connectivity index (χ1n) is 7.23. The van der Waals surface area contributed by atoms with Crippen molar-refractivity contribution in [1.29, 1.82) is 0 Å². The molecule has 0 aromatic carbocycles. The van der Waals surface area contributed by atoms with Crippen LogP contribution in [0.3, 0.4) is 0 Å². The minimum Gasteiger partial charge on any atom is -0.374 e. The van der Waals surface area contributed by atoms with E-state index < -0.39 is 11.1 Å². The summed E-state index contributed by atoms with van der Waals surface area (Å²) in [5, 5.41) is 2.85. The molecule has 1 fully saturated rings. The van der Waals surface area contributed by atoms with Crippen molar-refractivity contribution in [2.45, 2.75) is 71.6 Å². The number of nitrogens with zero attached hydrogens (tertiary/aromatic N) is 1. The van der Waals surface area contributed by atoms with Gasteiger partial charge in [0.15, 0.2) is 0 Å². The predicted octanol–water partition coefficient (Wildman–Crippen LogP) is 1.71. The topological polar surface area (TPSA) is 58.6 Å². The molecule has 2 amide bonds. The van der Waals surface area contributed by atoms with Crippen LogP contribution < -0.4 is 5.32 Å². The second-order valence-electron chi connectivity index (χ2n) is 7.12. The molecule has 5 nitrogen and oxygen atoms in total. The largest absolute Gasteiger partial charge is 0.374 e. The number of carbonyl (C=O) groups excluding carboxylic acids is 2. The Morgan fingerprint density at radius 3 is 2.20 bits per heavy atom. The molecule has 1 aliphatic heterocycles. The fourth-order valence-corrected chi connectivity index (χ4v) is 2.20. The third-order valence-corrected chi connectivity index (χ3v) is 3.89. The molecular formula is C15H28N2O3. The molecule has 1 saturated heterocycles. The highest BCUT2D eigenvalue weighted by Crippen LogP contribution is 2.27. The van der Waals surface area contributed by atoms with Crippen molar-refractivity contribution >= 4 is 11.8 Å². The van der Waals surface area contributed by atoms with Crippen LogP contribution in [0, 0.1) is 0 Å². The molecule has 0 aromatic rings. The van der Waals surface area contributed by atoms with Crippen molar-refractivity contribution < 1.29 is 14.3 Å². The van der Waals surface area contributed by atoms with Crippen molar-refractivity contribution in [1.82, 2.24) is 10.2 Å². The Bertz CT molecular complexity index is 398. The SMILES string of the molecule is CCC1(C)NC(=O)C(C)(C)N(CCOC(C)(C)C)C1=O. The number of hydrogen-bond acceptors (Lipinski definition) is 3. The molecule has 1 heterocycles. The van der Waals surface area contributed by atoms with Crippen molar-refractivity contribution in [2.24, 2.45) is 0 Å². The third kappa shape index (κ3) is 3.32. The minimum atomic E-state index is -0.840. The van der Waals surface area contributed by atoms with E-state index in [0.29, 0.717) is 19.6 Å². The maximum Gasteiger partial charge on any atom is 0.248 e. The summed E-state index contributed by atoms with van der Waals surface area (Å²) in [6, 6.07) is 0. The van der Waals surface area contributed by atoms with Crippen LogP contribution in [0.25, 0.3) is 0 Å². The predicted molar refractivity (Wildman–Crippen MR) is 78.3 cm³/mol. The number of amides is 2. The average Bonchev–Trinajstić information content (AvgIpc) is 2.30. The number of hydrogen-bond donors (Lipinski definition) is 1. The average molecular weight is 284 g/mol. The maximum atomic E-state index is 12.7. The van der Waals surface area contributed by atoms with Gasteiger partial charge in [-0.25, -0.2) is 0 Å². The van der Waals surface area contributed by atoms with Gasteiger partial charge in [-0.1, -0.05) is 6.92 Å². The molecule has 1 N–H and O–H groups in total. The Morgan fingerprint density at radius 1 is 1.20 bits per heavy atom. The van der Waals surface area contributed by atoms with E-state index in [9.17, 15) is 9.59 Å². The summed E-state index contributed by atoms with van der Waals surface area (Å²) in [6.45, 7) is 14.0. The fourth-order valence-electron chi connectivity index (χ4n) is 2.20. The first-order chi connectivity index (χ1) is 8.94. The number of carbonyl (C=O) groups is 2. The zero-order valence-corrected chi connectivity index (χ0v) is 13.8. The van der Waals surface area contributed by atoms with Crippen LogP contribution in [0.4, 0.5) is 0 Å². The first kappa shape index (κ1) is 17.0. The van der Waals surface area contributed by atoms with E-state index in [1.165, 1.54) is 0 Å². The summed E-state index contributed by atoms with van der Waals surface area (Å²) < 4.78 is 5.69. The van der Waals surface area contributed by atoms with Crippen LogP contribution in [0.2, 0.25) is 0 Å². The molecule has 1 aliphatic rings. The highest BCUT2D eigenvalue weighted by Gasteiger charge is 2.51. The van der Waals surface area contributed by atoms with Crippen molar-refractivity contribution in [2.75, 3.05) is 13.2 Å². The summed E-state index contributed by atoms with van der Waals surface area (Å²) in [7, 11) is 0. The molecule has 0 spiro atoms. The first-order valence-corrected chi connectivity index (χ1v) is 7.23. The van der Waals surface area contributed by atoms with E-state index in [1.54, 1.807) is 25.7 Å².